The van der Waals surface area contributed by atoms with E-state index in [0.29, 0.717) is 31.9 Å². The van der Waals surface area contributed by atoms with Crippen LogP contribution in [0.5, 0.6) is 0 Å². The van der Waals surface area contributed by atoms with Crippen LogP contribution in [0.15, 0.2) is 22.7 Å². The molecule has 0 unspecified atom stereocenters. The SMILES string of the molecule is COCCN(CCOC)C(=O)c1cccc(C)c1Br. The molecule has 0 aromatic heterocycles. The van der Waals surface area contributed by atoms with Crippen LogP contribution in [0.4, 0.5) is 0 Å². The van der Waals surface area contributed by atoms with Gasteiger partial charge in [0.2, 0.25) is 0 Å². The molecule has 0 spiro atoms. The normalized spacial score (nSPS) is 10.5. The Bertz CT molecular complexity index is 415. The van der Waals surface area contributed by atoms with Gasteiger partial charge in [0.05, 0.1) is 18.8 Å². The van der Waals surface area contributed by atoms with Crippen LogP contribution in [0.25, 0.3) is 0 Å². The fraction of sp³-hybridized carbons (Fsp3) is 0.500. The minimum absolute atomic E-state index is 0.00956. The van der Waals surface area contributed by atoms with E-state index in [1.54, 1.807) is 19.1 Å². The van der Waals surface area contributed by atoms with Crippen molar-refractivity contribution in [3.63, 3.8) is 0 Å². The number of rotatable bonds is 7. The predicted molar refractivity (Wildman–Crippen MR) is 78.5 cm³/mol. The Morgan fingerprint density at radius 3 is 2.32 bits per heavy atom. The first-order valence-electron chi connectivity index (χ1n) is 6.14. The molecule has 1 aromatic carbocycles. The number of hydrogen-bond donors (Lipinski definition) is 0. The lowest BCUT2D eigenvalue weighted by Crippen LogP contribution is -2.36. The number of ether oxygens (including phenoxy) is 2. The minimum atomic E-state index is -0.00956. The summed E-state index contributed by atoms with van der Waals surface area (Å²) in [6.07, 6.45) is 0. The van der Waals surface area contributed by atoms with Gasteiger partial charge in [-0.15, -0.1) is 0 Å². The first kappa shape index (κ1) is 16.1. The lowest BCUT2D eigenvalue weighted by molar-refractivity contribution is 0.0626. The molecule has 0 atom stereocenters. The molecule has 0 fully saturated rings. The number of amides is 1. The van der Waals surface area contributed by atoms with Crippen LogP contribution >= 0.6 is 15.9 Å². The van der Waals surface area contributed by atoms with Gasteiger partial charge in [-0.2, -0.15) is 0 Å². The van der Waals surface area contributed by atoms with E-state index >= 15 is 0 Å². The van der Waals surface area contributed by atoms with Crippen molar-refractivity contribution in [2.45, 2.75) is 6.92 Å². The molecule has 106 valence electrons. The molecule has 0 saturated carbocycles. The minimum Gasteiger partial charge on any atom is -0.383 e. The van der Waals surface area contributed by atoms with Crippen LogP contribution in [0.1, 0.15) is 15.9 Å². The molecule has 0 aliphatic heterocycles. The summed E-state index contributed by atoms with van der Waals surface area (Å²) in [7, 11) is 3.25. The van der Waals surface area contributed by atoms with Crippen molar-refractivity contribution in [2.75, 3.05) is 40.5 Å². The molecule has 4 nitrogen and oxygen atoms in total. The monoisotopic (exact) mass is 329 g/mol. The number of benzene rings is 1. The van der Waals surface area contributed by atoms with Gasteiger partial charge in [-0.3, -0.25) is 4.79 Å². The fourth-order valence-corrected chi connectivity index (χ4v) is 2.13. The van der Waals surface area contributed by atoms with Gasteiger partial charge in [0.15, 0.2) is 0 Å². The van der Waals surface area contributed by atoms with E-state index < -0.39 is 0 Å². The van der Waals surface area contributed by atoms with Crippen LogP contribution in [0.3, 0.4) is 0 Å². The molecule has 1 aromatic rings. The predicted octanol–water partition coefficient (Wildman–Crippen LogP) is 2.49. The van der Waals surface area contributed by atoms with Crippen LogP contribution in [0.2, 0.25) is 0 Å². The maximum atomic E-state index is 12.5. The lowest BCUT2D eigenvalue weighted by atomic mass is 10.1. The van der Waals surface area contributed by atoms with E-state index in [0.717, 1.165) is 10.0 Å². The molecule has 0 N–H and O–H groups in total. The van der Waals surface area contributed by atoms with Crippen LogP contribution < -0.4 is 0 Å². The summed E-state index contributed by atoms with van der Waals surface area (Å²) < 4.78 is 10.9. The van der Waals surface area contributed by atoms with Crippen LogP contribution in [0, 0.1) is 6.92 Å². The molecular formula is C14H20BrNO3. The number of carbonyl (C=O) groups excluding carboxylic acids is 1. The third kappa shape index (κ3) is 4.60. The largest absolute Gasteiger partial charge is 0.383 e. The van der Waals surface area contributed by atoms with Gasteiger partial charge in [-0.1, -0.05) is 12.1 Å². The zero-order valence-electron chi connectivity index (χ0n) is 11.6. The highest BCUT2D eigenvalue weighted by atomic mass is 79.9. The molecule has 0 radical (unpaired) electrons. The van der Waals surface area contributed by atoms with Crippen molar-refractivity contribution >= 4 is 21.8 Å². The van der Waals surface area contributed by atoms with Crippen molar-refractivity contribution in [1.29, 1.82) is 0 Å². The van der Waals surface area contributed by atoms with E-state index in [1.807, 2.05) is 25.1 Å². The second-order valence-electron chi connectivity index (χ2n) is 4.21. The second kappa shape index (κ2) is 8.30. The Morgan fingerprint density at radius 1 is 1.21 bits per heavy atom. The van der Waals surface area contributed by atoms with Gasteiger partial charge < -0.3 is 14.4 Å². The highest BCUT2D eigenvalue weighted by Gasteiger charge is 2.18. The highest BCUT2D eigenvalue weighted by Crippen LogP contribution is 2.22. The number of hydrogen-bond acceptors (Lipinski definition) is 3. The summed E-state index contributed by atoms with van der Waals surface area (Å²) in [5.74, 6) is -0.00956. The van der Waals surface area contributed by atoms with Crippen molar-refractivity contribution < 1.29 is 14.3 Å². The van der Waals surface area contributed by atoms with Crippen molar-refractivity contribution in [3.05, 3.63) is 33.8 Å². The molecule has 1 rings (SSSR count). The zero-order valence-corrected chi connectivity index (χ0v) is 13.2. The van der Waals surface area contributed by atoms with Gasteiger partial charge in [0.1, 0.15) is 0 Å². The molecule has 0 saturated heterocycles. The van der Waals surface area contributed by atoms with E-state index in [2.05, 4.69) is 15.9 Å². The first-order valence-corrected chi connectivity index (χ1v) is 6.93. The fourth-order valence-electron chi connectivity index (χ4n) is 1.70. The number of aryl methyl sites for hydroxylation is 1. The molecule has 0 aliphatic carbocycles. The molecule has 0 bridgehead atoms. The summed E-state index contributed by atoms with van der Waals surface area (Å²) in [6, 6.07) is 5.68. The third-order valence-corrected chi connectivity index (χ3v) is 3.89. The zero-order chi connectivity index (χ0) is 14.3. The quantitative estimate of drug-likeness (QED) is 0.771. The van der Waals surface area contributed by atoms with E-state index in [1.165, 1.54) is 0 Å². The number of halogens is 1. The van der Waals surface area contributed by atoms with Gasteiger partial charge >= 0.3 is 0 Å². The van der Waals surface area contributed by atoms with E-state index in [4.69, 9.17) is 9.47 Å². The second-order valence-corrected chi connectivity index (χ2v) is 5.01. The number of nitrogens with zero attached hydrogens (tertiary/aromatic N) is 1. The summed E-state index contributed by atoms with van der Waals surface area (Å²) in [6.45, 7) is 4.10. The average molecular weight is 330 g/mol. The third-order valence-electron chi connectivity index (χ3n) is 2.84. The van der Waals surface area contributed by atoms with Crippen molar-refractivity contribution in [2.24, 2.45) is 0 Å². The number of methoxy groups -OCH3 is 2. The highest BCUT2D eigenvalue weighted by molar-refractivity contribution is 9.10. The Kier molecular flexibility index (Phi) is 7.05. The Hall–Kier alpha value is -0.910. The van der Waals surface area contributed by atoms with Gasteiger partial charge in [-0.05, 0) is 34.5 Å². The topological polar surface area (TPSA) is 38.8 Å². The van der Waals surface area contributed by atoms with Gasteiger partial charge in [0.25, 0.3) is 5.91 Å². The maximum Gasteiger partial charge on any atom is 0.255 e. The Labute approximate surface area is 122 Å². The van der Waals surface area contributed by atoms with E-state index in [9.17, 15) is 4.79 Å². The Morgan fingerprint density at radius 2 is 1.79 bits per heavy atom. The maximum absolute atomic E-state index is 12.5. The standard InChI is InChI=1S/C14H20BrNO3/c1-11-5-4-6-12(13(11)15)14(17)16(7-9-18-2)8-10-19-3/h4-6H,7-10H2,1-3H3. The molecule has 5 heteroatoms. The molecule has 19 heavy (non-hydrogen) atoms. The molecule has 1 amide bonds. The summed E-state index contributed by atoms with van der Waals surface area (Å²) in [4.78, 5) is 14.3. The average Bonchev–Trinajstić information content (AvgIpc) is 2.41. The number of carbonyl (C=O) groups is 1. The smallest absolute Gasteiger partial charge is 0.255 e. The molecular weight excluding hydrogens is 310 g/mol. The molecule has 0 heterocycles. The van der Waals surface area contributed by atoms with Crippen molar-refractivity contribution in [3.8, 4) is 0 Å². The van der Waals surface area contributed by atoms with Crippen LogP contribution in [-0.2, 0) is 9.47 Å². The first-order chi connectivity index (χ1) is 9.11. The van der Waals surface area contributed by atoms with Crippen LogP contribution in [-0.4, -0.2) is 51.3 Å². The molecule has 0 aliphatic rings. The summed E-state index contributed by atoms with van der Waals surface area (Å²) >= 11 is 3.48. The van der Waals surface area contributed by atoms with Crippen molar-refractivity contribution in [1.82, 2.24) is 4.90 Å². The van der Waals surface area contributed by atoms with E-state index in [-0.39, 0.29) is 5.91 Å². The lowest BCUT2D eigenvalue weighted by Gasteiger charge is -2.23. The Balaban J connectivity index is 2.87. The van der Waals surface area contributed by atoms with Gasteiger partial charge in [-0.25, -0.2) is 0 Å². The summed E-state index contributed by atoms with van der Waals surface area (Å²) in [5, 5.41) is 0. The summed E-state index contributed by atoms with van der Waals surface area (Å²) in [5.41, 5.74) is 1.72. The van der Waals surface area contributed by atoms with Gasteiger partial charge in [0, 0.05) is 31.8 Å².